The van der Waals surface area contributed by atoms with Gasteiger partial charge in [0.15, 0.2) is 0 Å². The Bertz CT molecular complexity index is 774. The van der Waals surface area contributed by atoms with E-state index in [0.717, 1.165) is 44.3 Å². The summed E-state index contributed by atoms with van der Waals surface area (Å²) in [5.74, 6) is 0.921. The average molecular weight is 320 g/mol. The Morgan fingerprint density at radius 1 is 1.29 bits per heavy atom. The van der Waals surface area contributed by atoms with Crippen molar-refractivity contribution in [3.63, 3.8) is 0 Å². The molecule has 3 rings (SSSR count). The number of halogens is 1. The van der Waals surface area contributed by atoms with Gasteiger partial charge in [-0.25, -0.2) is 0 Å². The van der Waals surface area contributed by atoms with Crippen molar-refractivity contribution in [1.82, 2.24) is 5.32 Å². The van der Waals surface area contributed by atoms with E-state index in [1.165, 1.54) is 0 Å². The molecule has 0 radical (unpaired) electrons. The van der Waals surface area contributed by atoms with Crippen LogP contribution in [0.15, 0.2) is 34.1 Å². The minimum absolute atomic E-state index is 0.00741. The van der Waals surface area contributed by atoms with Crippen molar-refractivity contribution in [2.45, 2.75) is 26.8 Å². The summed E-state index contributed by atoms with van der Waals surface area (Å²) >= 11 is 8.13. The van der Waals surface area contributed by atoms with Gasteiger partial charge in [-0.1, -0.05) is 36.7 Å². The topological polar surface area (TPSA) is 25.2 Å². The summed E-state index contributed by atoms with van der Waals surface area (Å²) in [5, 5.41) is 7.55. The van der Waals surface area contributed by atoms with Crippen molar-refractivity contribution in [2.24, 2.45) is 0 Å². The van der Waals surface area contributed by atoms with Crippen molar-refractivity contribution < 1.29 is 4.42 Å². The highest BCUT2D eigenvalue weighted by molar-refractivity contribution is 7.10. The summed E-state index contributed by atoms with van der Waals surface area (Å²) < 4.78 is 6.12. The number of nitrogens with one attached hydrogen (secondary N) is 1. The lowest BCUT2D eigenvalue weighted by Crippen LogP contribution is -2.20. The molecule has 0 aliphatic carbocycles. The highest BCUT2D eigenvalue weighted by atomic mass is 35.5. The Morgan fingerprint density at radius 2 is 2.10 bits per heavy atom. The molecule has 0 amide bonds. The second kappa shape index (κ2) is 5.84. The summed E-state index contributed by atoms with van der Waals surface area (Å²) in [4.78, 5) is 1.12. The quantitative estimate of drug-likeness (QED) is 0.690. The predicted molar refractivity (Wildman–Crippen MR) is 90.5 cm³/mol. The molecule has 0 bridgehead atoms. The molecule has 2 aromatic heterocycles. The van der Waals surface area contributed by atoms with Gasteiger partial charge < -0.3 is 9.73 Å². The zero-order valence-corrected chi connectivity index (χ0v) is 13.9. The number of benzene rings is 1. The van der Waals surface area contributed by atoms with Crippen LogP contribution >= 0.6 is 22.9 Å². The smallest absolute Gasteiger partial charge is 0.137 e. The van der Waals surface area contributed by atoms with Gasteiger partial charge in [0.1, 0.15) is 17.4 Å². The molecule has 1 N–H and O–H groups in total. The predicted octanol–water partition coefficient (Wildman–Crippen LogP) is 5.46. The fourth-order valence-corrected chi connectivity index (χ4v) is 3.93. The maximum atomic E-state index is 6.45. The van der Waals surface area contributed by atoms with E-state index in [2.05, 4.69) is 48.8 Å². The number of thiophene rings is 1. The Labute approximate surface area is 133 Å². The Balaban J connectivity index is 2.11. The fourth-order valence-electron chi connectivity index (χ4n) is 2.54. The molecule has 0 aliphatic heterocycles. The minimum atomic E-state index is 0.00741. The summed E-state index contributed by atoms with van der Waals surface area (Å²) in [6.45, 7) is 7.05. The SMILES string of the molecule is CCNC(c1cc2cccc(C)c2o1)c1scc(C)c1Cl. The maximum Gasteiger partial charge on any atom is 0.137 e. The zero-order chi connectivity index (χ0) is 15.0. The van der Waals surface area contributed by atoms with E-state index in [9.17, 15) is 0 Å². The number of fused-ring (bicyclic) bond motifs is 1. The molecule has 3 aromatic rings. The molecule has 110 valence electrons. The molecule has 1 atom stereocenters. The molecule has 0 saturated heterocycles. The van der Waals surface area contributed by atoms with Gasteiger partial charge in [-0.05, 0) is 43.0 Å². The van der Waals surface area contributed by atoms with Crippen LogP contribution in [0.1, 0.15) is 34.7 Å². The summed E-state index contributed by atoms with van der Waals surface area (Å²) in [7, 11) is 0. The van der Waals surface area contributed by atoms with Crippen molar-refractivity contribution >= 4 is 33.9 Å². The third-order valence-corrected chi connectivity index (χ3v) is 5.42. The maximum absolute atomic E-state index is 6.45. The number of hydrogen-bond acceptors (Lipinski definition) is 3. The molecule has 0 saturated carbocycles. The first-order valence-electron chi connectivity index (χ1n) is 7.07. The van der Waals surface area contributed by atoms with E-state index in [1.807, 2.05) is 6.92 Å². The first-order valence-corrected chi connectivity index (χ1v) is 8.33. The number of furan rings is 1. The molecule has 0 spiro atoms. The Morgan fingerprint density at radius 3 is 2.71 bits per heavy atom. The highest BCUT2D eigenvalue weighted by Crippen LogP contribution is 2.37. The largest absolute Gasteiger partial charge is 0.459 e. The monoisotopic (exact) mass is 319 g/mol. The van der Waals surface area contributed by atoms with Gasteiger partial charge in [0, 0.05) is 10.3 Å². The summed E-state index contributed by atoms with van der Waals surface area (Å²) in [6, 6.07) is 8.33. The van der Waals surface area contributed by atoms with Gasteiger partial charge >= 0.3 is 0 Å². The third-order valence-electron chi connectivity index (χ3n) is 3.64. The Hall–Kier alpha value is -1.29. The molecule has 4 heteroatoms. The fraction of sp³-hybridized carbons (Fsp3) is 0.294. The van der Waals surface area contributed by atoms with Crippen LogP contribution in [0.5, 0.6) is 0 Å². The number of rotatable bonds is 4. The second-order valence-electron chi connectivity index (χ2n) is 5.23. The molecular formula is C17H18ClNOS. The number of hydrogen-bond donors (Lipinski definition) is 1. The van der Waals surface area contributed by atoms with Gasteiger partial charge in [-0.2, -0.15) is 0 Å². The van der Waals surface area contributed by atoms with Crippen molar-refractivity contribution in [3.8, 4) is 0 Å². The van der Waals surface area contributed by atoms with E-state index in [0.29, 0.717) is 0 Å². The van der Waals surface area contributed by atoms with Crippen LogP contribution in [0.2, 0.25) is 5.02 Å². The lowest BCUT2D eigenvalue weighted by Gasteiger charge is -2.14. The van der Waals surface area contributed by atoms with Crippen molar-refractivity contribution in [1.29, 1.82) is 0 Å². The van der Waals surface area contributed by atoms with E-state index in [-0.39, 0.29) is 6.04 Å². The first-order chi connectivity index (χ1) is 10.1. The van der Waals surface area contributed by atoms with E-state index in [4.69, 9.17) is 16.0 Å². The normalized spacial score (nSPS) is 13.0. The van der Waals surface area contributed by atoms with Crippen LogP contribution in [0.3, 0.4) is 0 Å². The molecule has 0 fully saturated rings. The van der Waals surface area contributed by atoms with E-state index in [1.54, 1.807) is 11.3 Å². The number of para-hydroxylation sites is 1. The van der Waals surface area contributed by atoms with Gasteiger partial charge in [-0.3, -0.25) is 0 Å². The molecule has 2 heterocycles. The van der Waals surface area contributed by atoms with Gasteiger partial charge in [0.05, 0.1) is 5.02 Å². The van der Waals surface area contributed by atoms with Crippen LogP contribution < -0.4 is 5.32 Å². The van der Waals surface area contributed by atoms with Gasteiger partial charge in [0.25, 0.3) is 0 Å². The molecule has 1 aromatic carbocycles. The highest BCUT2D eigenvalue weighted by Gasteiger charge is 2.23. The Kier molecular flexibility index (Phi) is 4.07. The van der Waals surface area contributed by atoms with Crippen LogP contribution in [0.25, 0.3) is 11.0 Å². The van der Waals surface area contributed by atoms with Crippen LogP contribution in [0.4, 0.5) is 0 Å². The summed E-state index contributed by atoms with van der Waals surface area (Å²) in [5.41, 5.74) is 3.23. The number of aryl methyl sites for hydroxylation is 2. The van der Waals surface area contributed by atoms with Crippen LogP contribution in [0, 0.1) is 13.8 Å². The van der Waals surface area contributed by atoms with Crippen molar-refractivity contribution in [2.75, 3.05) is 6.54 Å². The molecule has 21 heavy (non-hydrogen) atoms. The second-order valence-corrected chi connectivity index (χ2v) is 6.52. The third kappa shape index (κ3) is 2.61. The van der Waals surface area contributed by atoms with Crippen LogP contribution in [-0.2, 0) is 0 Å². The van der Waals surface area contributed by atoms with E-state index < -0.39 is 0 Å². The minimum Gasteiger partial charge on any atom is -0.459 e. The molecular weight excluding hydrogens is 302 g/mol. The first kappa shape index (κ1) is 14.6. The standard InChI is InChI=1S/C17H18ClNOS/c1-4-19-15(17-14(18)11(3)9-21-17)13-8-12-7-5-6-10(2)16(12)20-13/h5-9,15,19H,4H2,1-3H3. The van der Waals surface area contributed by atoms with Gasteiger partial charge in [-0.15, -0.1) is 11.3 Å². The zero-order valence-electron chi connectivity index (χ0n) is 12.4. The van der Waals surface area contributed by atoms with Gasteiger partial charge in [0.2, 0.25) is 0 Å². The summed E-state index contributed by atoms with van der Waals surface area (Å²) in [6.07, 6.45) is 0. The average Bonchev–Trinajstić information content (AvgIpc) is 3.03. The molecule has 2 nitrogen and oxygen atoms in total. The van der Waals surface area contributed by atoms with Crippen molar-refractivity contribution in [3.05, 3.63) is 56.4 Å². The molecule has 0 aliphatic rings. The van der Waals surface area contributed by atoms with Crippen LogP contribution in [-0.4, -0.2) is 6.54 Å². The molecule has 1 unspecified atom stereocenters. The lowest BCUT2D eigenvalue weighted by molar-refractivity contribution is 0.480. The van der Waals surface area contributed by atoms with E-state index >= 15 is 0 Å². The lowest BCUT2D eigenvalue weighted by atomic mass is 10.1.